The highest BCUT2D eigenvalue weighted by molar-refractivity contribution is 6.34. The van der Waals surface area contributed by atoms with Crippen molar-refractivity contribution in [3.8, 4) is 5.75 Å². The molecule has 0 heterocycles. The van der Waals surface area contributed by atoms with E-state index in [1.165, 1.54) is 18.2 Å². The second-order valence-electron chi connectivity index (χ2n) is 6.19. The fourth-order valence-corrected chi connectivity index (χ4v) is 2.84. The van der Waals surface area contributed by atoms with Crippen molar-refractivity contribution >= 4 is 40.7 Å². The third kappa shape index (κ3) is 5.81. The largest absolute Gasteiger partial charge is 0.433 e. The van der Waals surface area contributed by atoms with Crippen LogP contribution in [0.15, 0.2) is 42.5 Å². The van der Waals surface area contributed by atoms with Crippen LogP contribution < -0.4 is 15.4 Å². The molecule has 0 saturated carbocycles. The molecule has 0 spiro atoms. The summed E-state index contributed by atoms with van der Waals surface area (Å²) in [5.41, 5.74) is 0.522. The molecule has 150 valence electrons. The number of nitrogens with one attached hydrogen (secondary N) is 2. The number of halogens is 4. The molecule has 0 bridgehead atoms. The SMILES string of the molecule is CC(C)C(NC(=O)c1ccccc1Cl)C(=O)Nc1ccc(OC(F)F)c(Cl)c1. The maximum absolute atomic E-state index is 12.6. The molecule has 2 aromatic carbocycles. The van der Waals surface area contributed by atoms with E-state index in [9.17, 15) is 18.4 Å². The van der Waals surface area contributed by atoms with Crippen LogP contribution in [-0.2, 0) is 4.79 Å². The second-order valence-corrected chi connectivity index (χ2v) is 7.00. The zero-order valence-electron chi connectivity index (χ0n) is 15.0. The van der Waals surface area contributed by atoms with E-state index >= 15 is 0 Å². The van der Waals surface area contributed by atoms with Crippen molar-refractivity contribution < 1.29 is 23.1 Å². The summed E-state index contributed by atoms with van der Waals surface area (Å²) in [6, 6.07) is 9.49. The van der Waals surface area contributed by atoms with Gasteiger partial charge in [-0.2, -0.15) is 8.78 Å². The minimum Gasteiger partial charge on any atom is -0.433 e. The number of rotatable bonds is 7. The summed E-state index contributed by atoms with van der Waals surface area (Å²) < 4.78 is 28.8. The summed E-state index contributed by atoms with van der Waals surface area (Å²) in [4.78, 5) is 25.1. The quantitative estimate of drug-likeness (QED) is 0.650. The number of hydrogen-bond acceptors (Lipinski definition) is 3. The van der Waals surface area contributed by atoms with Crippen LogP contribution in [0.3, 0.4) is 0 Å². The van der Waals surface area contributed by atoms with E-state index in [1.54, 1.807) is 38.1 Å². The van der Waals surface area contributed by atoms with Crippen LogP contribution in [0, 0.1) is 5.92 Å². The van der Waals surface area contributed by atoms with Crippen molar-refractivity contribution in [3.05, 3.63) is 58.1 Å². The predicted molar refractivity (Wildman–Crippen MR) is 104 cm³/mol. The first-order valence-electron chi connectivity index (χ1n) is 8.29. The van der Waals surface area contributed by atoms with Crippen molar-refractivity contribution in [2.45, 2.75) is 26.5 Å². The maximum atomic E-state index is 12.6. The molecular weight excluding hydrogens is 413 g/mol. The summed E-state index contributed by atoms with van der Waals surface area (Å²) >= 11 is 11.9. The van der Waals surface area contributed by atoms with Crippen LogP contribution in [0.4, 0.5) is 14.5 Å². The Morgan fingerprint density at radius 3 is 2.29 bits per heavy atom. The monoisotopic (exact) mass is 430 g/mol. The van der Waals surface area contributed by atoms with Crippen LogP contribution in [0.2, 0.25) is 10.0 Å². The summed E-state index contributed by atoms with van der Waals surface area (Å²) in [7, 11) is 0. The number of ether oxygens (including phenoxy) is 1. The van der Waals surface area contributed by atoms with E-state index < -0.39 is 24.5 Å². The number of alkyl halides is 2. The molecule has 9 heteroatoms. The Labute approximate surface area is 171 Å². The van der Waals surface area contributed by atoms with Crippen LogP contribution >= 0.6 is 23.2 Å². The average Bonchev–Trinajstić information content (AvgIpc) is 2.61. The summed E-state index contributed by atoms with van der Waals surface area (Å²) in [5, 5.41) is 5.44. The lowest BCUT2D eigenvalue weighted by Gasteiger charge is -2.22. The smallest absolute Gasteiger partial charge is 0.387 e. The fraction of sp³-hybridized carbons (Fsp3) is 0.263. The molecule has 1 atom stereocenters. The highest BCUT2D eigenvalue weighted by atomic mass is 35.5. The van der Waals surface area contributed by atoms with Gasteiger partial charge in [-0.15, -0.1) is 0 Å². The molecule has 0 radical (unpaired) electrons. The molecule has 2 aromatic rings. The Morgan fingerprint density at radius 2 is 1.71 bits per heavy atom. The first-order valence-corrected chi connectivity index (χ1v) is 9.05. The van der Waals surface area contributed by atoms with Gasteiger partial charge in [-0.05, 0) is 36.2 Å². The Morgan fingerprint density at radius 1 is 1.04 bits per heavy atom. The van der Waals surface area contributed by atoms with E-state index in [-0.39, 0.29) is 33.0 Å². The molecule has 2 rings (SSSR count). The number of hydrogen-bond donors (Lipinski definition) is 2. The lowest BCUT2D eigenvalue weighted by molar-refractivity contribution is -0.118. The normalized spacial score (nSPS) is 12.0. The van der Waals surface area contributed by atoms with Gasteiger partial charge in [0.2, 0.25) is 5.91 Å². The van der Waals surface area contributed by atoms with Crippen molar-refractivity contribution in [1.29, 1.82) is 0 Å². The van der Waals surface area contributed by atoms with Gasteiger partial charge in [-0.25, -0.2) is 0 Å². The lowest BCUT2D eigenvalue weighted by Crippen LogP contribution is -2.47. The molecule has 0 aliphatic carbocycles. The Balaban J connectivity index is 2.12. The van der Waals surface area contributed by atoms with Crippen LogP contribution in [-0.4, -0.2) is 24.5 Å². The Bertz CT molecular complexity index is 863. The lowest BCUT2D eigenvalue weighted by atomic mass is 10.0. The van der Waals surface area contributed by atoms with E-state index in [4.69, 9.17) is 23.2 Å². The van der Waals surface area contributed by atoms with E-state index in [0.717, 1.165) is 0 Å². The highest BCUT2D eigenvalue weighted by Crippen LogP contribution is 2.29. The summed E-state index contributed by atoms with van der Waals surface area (Å²) in [6.07, 6.45) is 0. The minimum atomic E-state index is -3.01. The van der Waals surface area contributed by atoms with Gasteiger partial charge in [0.1, 0.15) is 11.8 Å². The minimum absolute atomic E-state index is 0.0840. The molecule has 0 saturated heterocycles. The number of anilines is 1. The molecule has 0 aromatic heterocycles. The molecule has 28 heavy (non-hydrogen) atoms. The second kappa shape index (κ2) is 9.71. The van der Waals surface area contributed by atoms with Gasteiger partial charge in [0, 0.05) is 5.69 Å². The predicted octanol–water partition coefficient (Wildman–Crippen LogP) is 4.99. The van der Waals surface area contributed by atoms with Gasteiger partial charge < -0.3 is 15.4 Å². The third-order valence-corrected chi connectivity index (χ3v) is 4.39. The molecule has 1 unspecified atom stereocenters. The van der Waals surface area contributed by atoms with Gasteiger partial charge in [-0.1, -0.05) is 49.2 Å². The van der Waals surface area contributed by atoms with E-state index in [1.807, 2.05) is 0 Å². The Hall–Kier alpha value is -2.38. The highest BCUT2D eigenvalue weighted by Gasteiger charge is 2.25. The van der Waals surface area contributed by atoms with Crippen molar-refractivity contribution in [1.82, 2.24) is 5.32 Å². The van der Waals surface area contributed by atoms with Gasteiger partial charge in [0.25, 0.3) is 5.91 Å². The summed E-state index contributed by atoms with van der Waals surface area (Å²) in [6.45, 7) is 0.524. The van der Waals surface area contributed by atoms with Gasteiger partial charge in [0.05, 0.1) is 15.6 Å². The number of carbonyl (C=O) groups is 2. The van der Waals surface area contributed by atoms with E-state index in [0.29, 0.717) is 0 Å². The van der Waals surface area contributed by atoms with Gasteiger partial charge in [-0.3, -0.25) is 9.59 Å². The van der Waals surface area contributed by atoms with E-state index in [2.05, 4.69) is 15.4 Å². The zero-order chi connectivity index (χ0) is 20.8. The first-order chi connectivity index (χ1) is 13.2. The zero-order valence-corrected chi connectivity index (χ0v) is 16.5. The first kappa shape index (κ1) is 21.9. The van der Waals surface area contributed by atoms with Crippen molar-refractivity contribution in [2.75, 3.05) is 5.32 Å². The molecule has 2 N–H and O–H groups in total. The third-order valence-electron chi connectivity index (χ3n) is 3.77. The maximum Gasteiger partial charge on any atom is 0.387 e. The van der Waals surface area contributed by atoms with Crippen LogP contribution in [0.1, 0.15) is 24.2 Å². The number of carbonyl (C=O) groups excluding carboxylic acids is 2. The molecule has 0 fully saturated rings. The molecular formula is C19H18Cl2F2N2O3. The van der Waals surface area contributed by atoms with Crippen molar-refractivity contribution in [2.24, 2.45) is 5.92 Å². The molecule has 0 aliphatic rings. The number of benzene rings is 2. The van der Waals surface area contributed by atoms with Gasteiger partial charge >= 0.3 is 6.61 Å². The van der Waals surface area contributed by atoms with Crippen molar-refractivity contribution in [3.63, 3.8) is 0 Å². The standard InChI is InChI=1S/C19H18Cl2F2N2O3/c1-10(2)16(25-17(26)12-5-3-4-6-13(12)20)18(27)24-11-7-8-15(14(21)9-11)28-19(22)23/h3-10,16,19H,1-2H3,(H,24,27)(H,25,26). The molecule has 5 nitrogen and oxygen atoms in total. The Kier molecular flexibility index (Phi) is 7.60. The average molecular weight is 431 g/mol. The van der Waals surface area contributed by atoms with Crippen LogP contribution in [0.25, 0.3) is 0 Å². The number of amides is 2. The summed E-state index contributed by atoms with van der Waals surface area (Å²) in [5.74, 6) is -1.42. The van der Waals surface area contributed by atoms with Crippen LogP contribution in [0.5, 0.6) is 5.75 Å². The van der Waals surface area contributed by atoms with Gasteiger partial charge in [0.15, 0.2) is 0 Å². The fourth-order valence-electron chi connectivity index (χ4n) is 2.39. The molecule has 2 amide bonds. The molecule has 0 aliphatic heterocycles. The topological polar surface area (TPSA) is 67.4 Å².